The number of benzene rings is 2. The lowest BCUT2D eigenvalue weighted by Crippen LogP contribution is -2.04. The summed E-state index contributed by atoms with van der Waals surface area (Å²) in [6.07, 6.45) is 2.88. The number of imidazole rings is 1. The number of nitrogens with zero attached hydrogens (tertiary/aromatic N) is 2. The van der Waals surface area contributed by atoms with Crippen molar-refractivity contribution in [3.8, 4) is 11.3 Å². The first-order chi connectivity index (χ1) is 11.3. The Morgan fingerprint density at radius 2 is 1.83 bits per heavy atom. The predicted octanol–water partition coefficient (Wildman–Crippen LogP) is 3.96. The highest BCUT2D eigenvalue weighted by Crippen LogP contribution is 2.29. The van der Waals surface area contributed by atoms with Crippen LogP contribution >= 0.6 is 0 Å². The van der Waals surface area contributed by atoms with Gasteiger partial charge in [-0.2, -0.15) is 0 Å². The van der Waals surface area contributed by atoms with Gasteiger partial charge in [-0.1, -0.05) is 36.4 Å². The molecule has 0 bridgehead atoms. The summed E-state index contributed by atoms with van der Waals surface area (Å²) in [7, 11) is 0. The zero-order chi connectivity index (χ0) is 15.8. The summed E-state index contributed by atoms with van der Waals surface area (Å²) >= 11 is 0. The van der Waals surface area contributed by atoms with Crippen LogP contribution in [-0.4, -0.2) is 15.9 Å². The molecule has 0 unspecified atom stereocenters. The quantitative estimate of drug-likeness (QED) is 0.622. The summed E-state index contributed by atoms with van der Waals surface area (Å²) in [5.74, 6) is 0. The van der Waals surface area contributed by atoms with E-state index in [1.165, 1.54) is 21.9 Å². The molecule has 0 saturated heterocycles. The Hall–Kier alpha value is -2.65. The fraction of sp³-hybridized carbons (Fsp3) is 0.150. The van der Waals surface area contributed by atoms with Crippen molar-refractivity contribution in [3.63, 3.8) is 0 Å². The van der Waals surface area contributed by atoms with Gasteiger partial charge in [-0.25, -0.2) is 4.98 Å². The molecule has 4 rings (SSSR count). The molecule has 0 aliphatic rings. The van der Waals surface area contributed by atoms with Crippen molar-refractivity contribution in [2.45, 2.75) is 13.3 Å². The van der Waals surface area contributed by atoms with E-state index < -0.39 is 0 Å². The third-order valence-corrected chi connectivity index (χ3v) is 4.26. The molecule has 2 heterocycles. The molecule has 4 aromatic rings. The molecule has 2 N–H and O–H groups in total. The van der Waals surface area contributed by atoms with E-state index in [2.05, 4.69) is 72.1 Å². The van der Waals surface area contributed by atoms with Crippen LogP contribution in [0.3, 0.4) is 0 Å². The monoisotopic (exact) mass is 301 g/mol. The van der Waals surface area contributed by atoms with Crippen LogP contribution in [0.5, 0.6) is 0 Å². The lowest BCUT2D eigenvalue weighted by molar-refractivity contribution is 0.939. The average molecular weight is 301 g/mol. The summed E-state index contributed by atoms with van der Waals surface area (Å²) in [6, 6.07) is 19.2. The second-order valence-electron chi connectivity index (χ2n) is 5.94. The van der Waals surface area contributed by atoms with Crippen molar-refractivity contribution in [3.05, 3.63) is 72.1 Å². The van der Waals surface area contributed by atoms with E-state index in [-0.39, 0.29) is 0 Å². The largest absolute Gasteiger partial charge is 0.330 e. The number of hydrogen-bond acceptors (Lipinski definition) is 2. The van der Waals surface area contributed by atoms with Crippen molar-refractivity contribution < 1.29 is 0 Å². The molecule has 23 heavy (non-hydrogen) atoms. The van der Waals surface area contributed by atoms with E-state index in [1.54, 1.807) is 0 Å². The lowest BCUT2D eigenvalue weighted by atomic mass is 10.0. The molecule has 0 aliphatic carbocycles. The molecule has 0 fully saturated rings. The number of fused-ring (bicyclic) bond motifs is 2. The molecule has 3 nitrogen and oxygen atoms in total. The minimum Gasteiger partial charge on any atom is -0.330 e. The molecule has 2 aromatic heterocycles. The van der Waals surface area contributed by atoms with Gasteiger partial charge in [0, 0.05) is 18.2 Å². The topological polar surface area (TPSA) is 43.3 Å². The van der Waals surface area contributed by atoms with Gasteiger partial charge in [0.05, 0.1) is 11.4 Å². The van der Waals surface area contributed by atoms with Gasteiger partial charge in [0.1, 0.15) is 5.65 Å². The van der Waals surface area contributed by atoms with E-state index in [0.717, 1.165) is 23.5 Å². The highest BCUT2D eigenvalue weighted by Gasteiger charge is 2.14. The maximum absolute atomic E-state index is 5.80. The van der Waals surface area contributed by atoms with Gasteiger partial charge in [-0.15, -0.1) is 0 Å². The van der Waals surface area contributed by atoms with Crippen LogP contribution in [-0.2, 0) is 6.42 Å². The van der Waals surface area contributed by atoms with Crippen molar-refractivity contribution in [2.24, 2.45) is 5.73 Å². The molecule has 3 heteroatoms. The Bertz CT molecular complexity index is 998. The fourth-order valence-electron chi connectivity index (χ4n) is 3.15. The molecule has 114 valence electrons. The molecule has 0 atom stereocenters. The predicted molar refractivity (Wildman–Crippen MR) is 95.6 cm³/mol. The number of rotatable bonds is 3. The second kappa shape index (κ2) is 5.52. The third-order valence-electron chi connectivity index (χ3n) is 4.26. The maximum Gasteiger partial charge on any atom is 0.137 e. The minimum atomic E-state index is 0.601. The van der Waals surface area contributed by atoms with Crippen LogP contribution in [0, 0.1) is 6.92 Å². The standard InChI is InChI=1S/C20H19N3/c1-14-9-11-23-19(12-14)22-18(8-10-21)20(23)17-7-6-15-4-2-3-5-16(15)13-17/h2-7,9,11-13H,8,10,21H2,1H3. The molecule has 2 aromatic carbocycles. The maximum atomic E-state index is 5.80. The Morgan fingerprint density at radius 1 is 1.00 bits per heavy atom. The van der Waals surface area contributed by atoms with Crippen LogP contribution in [0.25, 0.3) is 27.7 Å². The van der Waals surface area contributed by atoms with Gasteiger partial charge in [-0.3, -0.25) is 4.40 Å². The van der Waals surface area contributed by atoms with E-state index in [1.807, 2.05) is 0 Å². The van der Waals surface area contributed by atoms with Crippen LogP contribution in [0.1, 0.15) is 11.3 Å². The zero-order valence-corrected chi connectivity index (χ0v) is 13.2. The van der Waals surface area contributed by atoms with E-state index in [4.69, 9.17) is 10.7 Å². The summed E-state index contributed by atoms with van der Waals surface area (Å²) in [6.45, 7) is 2.69. The molecule has 0 aliphatic heterocycles. The van der Waals surface area contributed by atoms with Crippen molar-refractivity contribution in [1.82, 2.24) is 9.38 Å². The Labute approximate surface area is 135 Å². The Balaban J connectivity index is 1.99. The highest BCUT2D eigenvalue weighted by atomic mass is 15.0. The Morgan fingerprint density at radius 3 is 2.65 bits per heavy atom. The van der Waals surface area contributed by atoms with Crippen LogP contribution in [0.15, 0.2) is 60.8 Å². The molecular weight excluding hydrogens is 282 g/mol. The fourth-order valence-corrected chi connectivity index (χ4v) is 3.15. The number of aryl methyl sites for hydroxylation is 1. The zero-order valence-electron chi connectivity index (χ0n) is 13.2. The first-order valence-corrected chi connectivity index (χ1v) is 7.93. The highest BCUT2D eigenvalue weighted by molar-refractivity contribution is 5.87. The number of aromatic nitrogens is 2. The lowest BCUT2D eigenvalue weighted by Gasteiger charge is -2.07. The van der Waals surface area contributed by atoms with E-state index >= 15 is 0 Å². The van der Waals surface area contributed by atoms with Gasteiger partial charge in [-0.05, 0) is 48.0 Å². The van der Waals surface area contributed by atoms with Crippen LogP contribution in [0.2, 0.25) is 0 Å². The summed E-state index contributed by atoms with van der Waals surface area (Å²) in [5, 5.41) is 2.49. The van der Waals surface area contributed by atoms with Gasteiger partial charge in [0.15, 0.2) is 0 Å². The summed E-state index contributed by atoms with van der Waals surface area (Å²) in [5.41, 5.74) is 11.4. The van der Waals surface area contributed by atoms with Crippen molar-refractivity contribution in [2.75, 3.05) is 6.54 Å². The molecule has 0 amide bonds. The molecule has 0 radical (unpaired) electrons. The smallest absolute Gasteiger partial charge is 0.137 e. The SMILES string of the molecule is Cc1ccn2c(-c3ccc4ccccc4c3)c(CCN)nc2c1. The first-order valence-electron chi connectivity index (χ1n) is 7.93. The number of hydrogen-bond donors (Lipinski definition) is 1. The Kier molecular flexibility index (Phi) is 3.36. The first kappa shape index (κ1) is 14.0. The van der Waals surface area contributed by atoms with E-state index in [9.17, 15) is 0 Å². The number of pyridine rings is 1. The molecule has 0 saturated carbocycles. The van der Waals surface area contributed by atoms with Crippen molar-refractivity contribution >= 4 is 16.4 Å². The summed E-state index contributed by atoms with van der Waals surface area (Å²) in [4.78, 5) is 4.80. The summed E-state index contributed by atoms with van der Waals surface area (Å²) < 4.78 is 2.17. The molecule has 0 spiro atoms. The van der Waals surface area contributed by atoms with Crippen molar-refractivity contribution in [1.29, 1.82) is 0 Å². The van der Waals surface area contributed by atoms with Crippen LogP contribution < -0.4 is 5.73 Å². The van der Waals surface area contributed by atoms with Crippen LogP contribution in [0.4, 0.5) is 0 Å². The van der Waals surface area contributed by atoms with Gasteiger partial charge < -0.3 is 5.73 Å². The number of nitrogens with two attached hydrogens (primary N) is 1. The second-order valence-corrected chi connectivity index (χ2v) is 5.94. The van der Waals surface area contributed by atoms with Gasteiger partial charge in [0.2, 0.25) is 0 Å². The average Bonchev–Trinajstić information content (AvgIpc) is 2.91. The minimum absolute atomic E-state index is 0.601. The van der Waals surface area contributed by atoms with E-state index in [0.29, 0.717) is 6.54 Å². The van der Waals surface area contributed by atoms with Gasteiger partial charge in [0.25, 0.3) is 0 Å². The van der Waals surface area contributed by atoms with Gasteiger partial charge >= 0.3 is 0 Å². The third kappa shape index (κ3) is 2.39. The normalized spacial score (nSPS) is 11.4. The molecular formula is C20H19N3.